The number of hydrogen-bond donors (Lipinski definition) is 2. The van der Waals surface area contributed by atoms with Gasteiger partial charge in [-0.3, -0.25) is 4.79 Å². The third-order valence-electron chi connectivity index (χ3n) is 4.07. The minimum Gasteiger partial charge on any atom is -0.466 e. The number of aliphatic hydroxyl groups excluding tert-OH is 2. The molecule has 1 saturated carbocycles. The number of hydrogen-bond acceptors (Lipinski definition) is 5. The molecule has 5 heteroatoms. The van der Waals surface area contributed by atoms with Gasteiger partial charge in [0.25, 0.3) is 0 Å². The summed E-state index contributed by atoms with van der Waals surface area (Å²) in [5, 5.41) is 19.6. The predicted octanol–water partition coefficient (Wildman–Crippen LogP) is 0.00320. The first-order chi connectivity index (χ1) is 8.60. The maximum Gasteiger partial charge on any atom is 0.308 e. The third kappa shape index (κ3) is 3.22. The lowest BCUT2D eigenvalue weighted by Crippen LogP contribution is -2.33. The largest absolute Gasteiger partial charge is 0.466 e. The SMILES string of the molecule is CCOC(=O)CC(O)CN1CC2CCC(O)C2C1. The number of ether oxygens (including phenoxy) is 1. The summed E-state index contributed by atoms with van der Waals surface area (Å²) in [5.74, 6) is 0.582. The molecule has 18 heavy (non-hydrogen) atoms. The van der Waals surface area contributed by atoms with Gasteiger partial charge in [-0.15, -0.1) is 0 Å². The van der Waals surface area contributed by atoms with Gasteiger partial charge >= 0.3 is 5.97 Å². The number of esters is 1. The fourth-order valence-corrected chi connectivity index (χ4v) is 3.25. The summed E-state index contributed by atoms with van der Waals surface area (Å²) >= 11 is 0. The van der Waals surface area contributed by atoms with Crippen LogP contribution in [0.4, 0.5) is 0 Å². The molecular formula is C13H23NO4. The van der Waals surface area contributed by atoms with Crippen LogP contribution in [0, 0.1) is 11.8 Å². The summed E-state index contributed by atoms with van der Waals surface area (Å²) < 4.78 is 4.81. The van der Waals surface area contributed by atoms with Crippen molar-refractivity contribution in [2.45, 2.75) is 38.4 Å². The van der Waals surface area contributed by atoms with Crippen LogP contribution in [0.2, 0.25) is 0 Å². The monoisotopic (exact) mass is 257 g/mol. The molecule has 1 heterocycles. The first-order valence-electron chi connectivity index (χ1n) is 6.84. The van der Waals surface area contributed by atoms with Crippen LogP contribution in [-0.2, 0) is 9.53 Å². The number of nitrogens with zero attached hydrogens (tertiary/aromatic N) is 1. The second kappa shape index (κ2) is 5.99. The highest BCUT2D eigenvalue weighted by Crippen LogP contribution is 2.37. The zero-order valence-corrected chi connectivity index (χ0v) is 10.9. The maximum atomic E-state index is 11.2. The number of carbonyl (C=O) groups excluding carboxylic acids is 1. The molecule has 0 radical (unpaired) electrons. The molecule has 1 aliphatic heterocycles. The second-order valence-electron chi connectivity index (χ2n) is 5.45. The molecule has 0 spiro atoms. The lowest BCUT2D eigenvalue weighted by Gasteiger charge is -2.20. The summed E-state index contributed by atoms with van der Waals surface area (Å²) in [4.78, 5) is 13.4. The lowest BCUT2D eigenvalue weighted by molar-refractivity contribution is -0.145. The fraction of sp³-hybridized carbons (Fsp3) is 0.923. The molecule has 0 aromatic heterocycles. The Bertz CT molecular complexity index is 297. The Balaban J connectivity index is 1.73. The van der Waals surface area contributed by atoms with E-state index in [1.807, 2.05) is 0 Å². The Hall–Kier alpha value is -0.650. The Labute approximate surface area is 108 Å². The van der Waals surface area contributed by atoms with Crippen LogP contribution in [0.3, 0.4) is 0 Å². The first-order valence-corrected chi connectivity index (χ1v) is 6.84. The quantitative estimate of drug-likeness (QED) is 0.679. The molecule has 1 aliphatic carbocycles. The van der Waals surface area contributed by atoms with Crippen molar-refractivity contribution in [3.63, 3.8) is 0 Å². The summed E-state index contributed by atoms with van der Waals surface area (Å²) in [6, 6.07) is 0. The number of likely N-dealkylation sites (tertiary alicyclic amines) is 1. The highest BCUT2D eigenvalue weighted by molar-refractivity contribution is 5.69. The highest BCUT2D eigenvalue weighted by Gasteiger charge is 2.41. The van der Waals surface area contributed by atoms with E-state index >= 15 is 0 Å². The van der Waals surface area contributed by atoms with Crippen molar-refractivity contribution >= 4 is 5.97 Å². The Morgan fingerprint density at radius 3 is 2.89 bits per heavy atom. The van der Waals surface area contributed by atoms with E-state index in [9.17, 15) is 15.0 Å². The summed E-state index contributed by atoms with van der Waals surface area (Å²) in [7, 11) is 0. The molecule has 0 amide bonds. The van der Waals surface area contributed by atoms with Crippen LogP contribution >= 0.6 is 0 Å². The van der Waals surface area contributed by atoms with E-state index in [1.165, 1.54) is 0 Å². The van der Waals surface area contributed by atoms with Crippen LogP contribution in [0.1, 0.15) is 26.2 Å². The molecular weight excluding hydrogens is 234 g/mol. The van der Waals surface area contributed by atoms with E-state index in [0.29, 0.717) is 25.0 Å². The lowest BCUT2D eigenvalue weighted by atomic mass is 10.00. The summed E-state index contributed by atoms with van der Waals surface area (Å²) in [6.07, 6.45) is 1.20. The van der Waals surface area contributed by atoms with Crippen molar-refractivity contribution < 1.29 is 19.7 Å². The number of carbonyl (C=O) groups is 1. The summed E-state index contributed by atoms with van der Waals surface area (Å²) in [6.45, 7) is 4.38. The molecule has 5 nitrogen and oxygen atoms in total. The number of fused-ring (bicyclic) bond motifs is 1. The van der Waals surface area contributed by atoms with Gasteiger partial charge in [0.15, 0.2) is 0 Å². The van der Waals surface area contributed by atoms with Gasteiger partial charge < -0.3 is 19.8 Å². The van der Waals surface area contributed by atoms with E-state index in [4.69, 9.17) is 4.74 Å². The molecule has 1 saturated heterocycles. The molecule has 2 aliphatic rings. The van der Waals surface area contributed by atoms with Gasteiger partial charge in [0.05, 0.1) is 25.2 Å². The van der Waals surface area contributed by atoms with E-state index < -0.39 is 6.10 Å². The Morgan fingerprint density at radius 1 is 1.44 bits per heavy atom. The number of rotatable bonds is 5. The molecule has 0 aromatic carbocycles. The van der Waals surface area contributed by atoms with Crippen LogP contribution < -0.4 is 0 Å². The normalized spacial score (nSPS) is 33.4. The minimum atomic E-state index is -0.667. The smallest absolute Gasteiger partial charge is 0.308 e. The molecule has 0 aromatic rings. The van der Waals surface area contributed by atoms with Gasteiger partial charge in [-0.1, -0.05) is 0 Å². The average molecular weight is 257 g/mol. The molecule has 104 valence electrons. The minimum absolute atomic E-state index is 0.0578. The van der Waals surface area contributed by atoms with Crippen LogP contribution in [0.25, 0.3) is 0 Å². The van der Waals surface area contributed by atoms with Gasteiger partial charge in [0.2, 0.25) is 0 Å². The van der Waals surface area contributed by atoms with Gasteiger partial charge in [0.1, 0.15) is 0 Å². The van der Waals surface area contributed by atoms with Gasteiger partial charge in [-0.25, -0.2) is 0 Å². The standard InChI is InChI=1S/C13H23NO4/c1-2-18-13(17)5-10(15)7-14-6-9-3-4-12(16)11(9)8-14/h9-12,15-16H,2-8H2,1H3. The van der Waals surface area contributed by atoms with Crippen molar-refractivity contribution in [2.75, 3.05) is 26.2 Å². The topological polar surface area (TPSA) is 70.0 Å². The fourth-order valence-electron chi connectivity index (χ4n) is 3.25. The van der Waals surface area contributed by atoms with Crippen molar-refractivity contribution in [1.82, 2.24) is 4.90 Å². The van der Waals surface area contributed by atoms with E-state index in [0.717, 1.165) is 25.9 Å². The van der Waals surface area contributed by atoms with Crippen molar-refractivity contribution in [3.05, 3.63) is 0 Å². The average Bonchev–Trinajstić information content (AvgIpc) is 2.81. The number of β-amino-alcohol motifs (C(OH)–C–C–N with tert-alkyl or cyclic N) is 1. The molecule has 2 rings (SSSR count). The van der Waals surface area contributed by atoms with Gasteiger partial charge in [-0.05, 0) is 25.7 Å². The van der Waals surface area contributed by atoms with Crippen LogP contribution in [-0.4, -0.2) is 59.5 Å². The van der Waals surface area contributed by atoms with Crippen LogP contribution in [0.5, 0.6) is 0 Å². The van der Waals surface area contributed by atoms with Crippen molar-refractivity contribution in [2.24, 2.45) is 11.8 Å². The Kier molecular flexibility index (Phi) is 4.59. The molecule has 4 atom stereocenters. The molecule has 2 fully saturated rings. The highest BCUT2D eigenvalue weighted by atomic mass is 16.5. The van der Waals surface area contributed by atoms with E-state index in [1.54, 1.807) is 6.92 Å². The Morgan fingerprint density at radius 2 is 2.22 bits per heavy atom. The van der Waals surface area contributed by atoms with E-state index in [-0.39, 0.29) is 18.5 Å². The molecule has 0 bridgehead atoms. The molecule has 2 N–H and O–H groups in total. The zero-order chi connectivity index (χ0) is 13.1. The van der Waals surface area contributed by atoms with Gasteiger partial charge in [-0.2, -0.15) is 0 Å². The van der Waals surface area contributed by atoms with Crippen molar-refractivity contribution in [1.29, 1.82) is 0 Å². The second-order valence-corrected chi connectivity index (χ2v) is 5.45. The van der Waals surface area contributed by atoms with Gasteiger partial charge in [0, 0.05) is 25.6 Å². The van der Waals surface area contributed by atoms with E-state index in [2.05, 4.69) is 4.90 Å². The molecule has 4 unspecified atom stereocenters. The zero-order valence-electron chi connectivity index (χ0n) is 10.9. The maximum absolute atomic E-state index is 11.2. The van der Waals surface area contributed by atoms with Crippen LogP contribution in [0.15, 0.2) is 0 Å². The first kappa shape index (κ1) is 13.8. The number of aliphatic hydroxyl groups is 2. The third-order valence-corrected chi connectivity index (χ3v) is 4.07. The predicted molar refractivity (Wildman–Crippen MR) is 65.9 cm³/mol. The van der Waals surface area contributed by atoms with Crippen molar-refractivity contribution in [3.8, 4) is 0 Å². The summed E-state index contributed by atoms with van der Waals surface area (Å²) in [5.41, 5.74) is 0.